The monoisotopic (exact) mass is 361 g/mol. The molecule has 11 heteroatoms. The molecule has 21 heavy (non-hydrogen) atoms. The van der Waals surface area contributed by atoms with Crippen LogP contribution in [0.3, 0.4) is 0 Å². The summed E-state index contributed by atoms with van der Waals surface area (Å²) in [6, 6.07) is 0. The van der Waals surface area contributed by atoms with Gasteiger partial charge in [0, 0.05) is 0 Å². The Bertz CT molecular complexity index is 747. The molecule has 10 nitrogen and oxygen atoms in total. The highest BCUT2D eigenvalue weighted by atomic mass is 79.9. The van der Waals surface area contributed by atoms with Crippen LogP contribution in [0.25, 0.3) is 11.2 Å². The van der Waals surface area contributed by atoms with E-state index >= 15 is 0 Å². The van der Waals surface area contributed by atoms with Crippen LogP contribution in [0, 0.1) is 0 Å². The number of nitrogens with two attached hydrogens (primary N) is 1. The second kappa shape index (κ2) is 4.74. The maximum Gasteiger partial charge on any atom is 0.280 e. The third-order valence-corrected chi connectivity index (χ3v) is 4.36. The second-order valence-electron chi connectivity index (χ2n) is 4.62. The Balaban J connectivity index is 2.19. The fourth-order valence-electron chi connectivity index (χ4n) is 2.26. The molecule has 0 saturated carbocycles. The number of hydrogen-bond acceptors (Lipinski definition) is 8. The molecule has 0 aliphatic carbocycles. The zero-order chi connectivity index (χ0) is 15.4. The molecule has 3 heterocycles. The molecule has 1 fully saturated rings. The minimum Gasteiger partial charge on any atom is -0.394 e. The molecule has 4 atom stereocenters. The number of aromatic nitrogens is 4. The van der Waals surface area contributed by atoms with Gasteiger partial charge in [-0.2, -0.15) is 4.98 Å². The molecule has 114 valence electrons. The molecular formula is C10H12BrN5O5. The maximum atomic E-state index is 11.7. The summed E-state index contributed by atoms with van der Waals surface area (Å²) < 4.78 is 5.06. The molecule has 2 aromatic heterocycles. The molecule has 0 unspecified atom stereocenters. The van der Waals surface area contributed by atoms with Crippen molar-refractivity contribution in [3.63, 3.8) is 0 Å². The van der Waals surface area contributed by atoms with Crippen LogP contribution in [0.5, 0.6) is 0 Å². The van der Waals surface area contributed by atoms with E-state index in [9.17, 15) is 15.0 Å². The van der Waals surface area contributed by atoms with Crippen molar-refractivity contribution in [3.05, 3.63) is 16.7 Å². The highest BCUT2D eigenvalue weighted by Crippen LogP contribution is 2.41. The molecular weight excluding hydrogens is 350 g/mol. The van der Waals surface area contributed by atoms with E-state index in [1.807, 2.05) is 0 Å². The van der Waals surface area contributed by atoms with E-state index in [0.29, 0.717) is 0 Å². The van der Waals surface area contributed by atoms with Gasteiger partial charge in [0.25, 0.3) is 5.56 Å². The summed E-state index contributed by atoms with van der Waals surface area (Å²) in [7, 11) is 0. The quantitative estimate of drug-likeness (QED) is 0.377. The van der Waals surface area contributed by atoms with Gasteiger partial charge < -0.3 is 25.8 Å². The van der Waals surface area contributed by atoms with Crippen LogP contribution in [0.1, 0.15) is 0 Å². The van der Waals surface area contributed by atoms with Crippen molar-refractivity contribution in [1.82, 2.24) is 19.5 Å². The number of rotatable bonds is 2. The Morgan fingerprint density at radius 1 is 1.57 bits per heavy atom. The fourth-order valence-corrected chi connectivity index (χ4v) is 3.03. The molecule has 0 amide bonds. The van der Waals surface area contributed by atoms with Gasteiger partial charge in [-0.15, -0.1) is 0 Å². The Morgan fingerprint density at radius 3 is 2.90 bits per heavy atom. The van der Waals surface area contributed by atoms with E-state index in [1.165, 1.54) is 10.9 Å². The van der Waals surface area contributed by atoms with Crippen molar-refractivity contribution in [3.8, 4) is 0 Å². The number of nitrogen functional groups attached to an aromatic ring is 1. The zero-order valence-corrected chi connectivity index (χ0v) is 12.1. The lowest BCUT2D eigenvalue weighted by molar-refractivity contribution is -0.0722. The van der Waals surface area contributed by atoms with E-state index in [-0.39, 0.29) is 17.1 Å². The number of aliphatic hydroxyl groups excluding tert-OH is 3. The summed E-state index contributed by atoms with van der Waals surface area (Å²) >= 11 is 3.18. The van der Waals surface area contributed by atoms with Gasteiger partial charge in [0.05, 0.1) is 6.61 Å². The van der Waals surface area contributed by atoms with Crippen LogP contribution in [-0.4, -0.2) is 59.8 Å². The SMILES string of the molecule is Nc1nc2c(ncn2[C@]2(Br)O[C@H](CO)[C@@H](O)[C@H]2O)c(=O)[nH]1. The summed E-state index contributed by atoms with van der Waals surface area (Å²) in [5.41, 5.74) is 5.02. The Kier molecular flexibility index (Phi) is 3.26. The smallest absolute Gasteiger partial charge is 0.280 e. The number of nitrogens with one attached hydrogen (secondary N) is 1. The van der Waals surface area contributed by atoms with Gasteiger partial charge in [-0.3, -0.25) is 14.3 Å². The Labute approximate surface area is 125 Å². The average Bonchev–Trinajstić information content (AvgIpc) is 2.95. The third-order valence-electron chi connectivity index (χ3n) is 3.32. The number of anilines is 1. The van der Waals surface area contributed by atoms with Crippen LogP contribution < -0.4 is 11.3 Å². The second-order valence-corrected chi connectivity index (χ2v) is 5.76. The maximum absolute atomic E-state index is 11.7. The molecule has 0 bridgehead atoms. The highest BCUT2D eigenvalue weighted by molar-refractivity contribution is 9.09. The van der Waals surface area contributed by atoms with Crippen molar-refractivity contribution >= 4 is 33.0 Å². The predicted molar refractivity (Wildman–Crippen MR) is 73.4 cm³/mol. The number of nitrogens with zero attached hydrogens (tertiary/aromatic N) is 3. The average molecular weight is 362 g/mol. The first-order valence-electron chi connectivity index (χ1n) is 5.95. The molecule has 2 aromatic rings. The van der Waals surface area contributed by atoms with Crippen LogP contribution in [0.4, 0.5) is 5.95 Å². The lowest BCUT2D eigenvalue weighted by Crippen LogP contribution is -2.40. The summed E-state index contributed by atoms with van der Waals surface area (Å²) in [5, 5.41) is 29.2. The molecule has 1 aliphatic heterocycles. The van der Waals surface area contributed by atoms with Gasteiger partial charge in [0.15, 0.2) is 11.2 Å². The summed E-state index contributed by atoms with van der Waals surface area (Å²) in [4.78, 5) is 21.9. The number of H-pyrrole nitrogens is 1. The first-order valence-corrected chi connectivity index (χ1v) is 6.75. The number of alkyl halides is 1. The number of fused-ring (bicyclic) bond motifs is 1. The van der Waals surface area contributed by atoms with E-state index in [4.69, 9.17) is 15.6 Å². The largest absolute Gasteiger partial charge is 0.394 e. The number of ether oxygens (including phenoxy) is 1. The van der Waals surface area contributed by atoms with E-state index in [1.54, 1.807) is 0 Å². The Hall–Kier alpha value is -1.53. The van der Waals surface area contributed by atoms with Crippen LogP contribution in [-0.2, 0) is 9.37 Å². The number of halogens is 1. The molecule has 6 N–H and O–H groups in total. The minimum absolute atomic E-state index is 0.000707. The molecule has 0 spiro atoms. The summed E-state index contributed by atoms with van der Waals surface area (Å²) in [6.07, 6.45) is -2.53. The third kappa shape index (κ3) is 1.97. The summed E-state index contributed by atoms with van der Waals surface area (Å²) in [6.45, 7) is -0.492. The number of hydrogen-bond donors (Lipinski definition) is 5. The van der Waals surface area contributed by atoms with Crippen LogP contribution in [0.2, 0.25) is 0 Å². The van der Waals surface area contributed by atoms with Gasteiger partial charge in [0.1, 0.15) is 24.6 Å². The van der Waals surface area contributed by atoms with Crippen LogP contribution >= 0.6 is 15.9 Å². The predicted octanol–water partition coefficient (Wildman–Crippen LogP) is -2.18. The van der Waals surface area contributed by atoms with Gasteiger partial charge in [-0.1, -0.05) is 0 Å². The normalized spacial score (nSPS) is 32.9. The van der Waals surface area contributed by atoms with Crippen molar-refractivity contribution in [1.29, 1.82) is 0 Å². The fraction of sp³-hybridized carbons (Fsp3) is 0.500. The topological polar surface area (TPSA) is 160 Å². The molecule has 3 rings (SSSR count). The lowest BCUT2D eigenvalue weighted by Gasteiger charge is -2.27. The number of imidazole rings is 1. The Morgan fingerprint density at radius 2 is 2.29 bits per heavy atom. The highest BCUT2D eigenvalue weighted by Gasteiger charge is 2.54. The van der Waals surface area contributed by atoms with E-state index in [0.717, 1.165) is 0 Å². The molecule has 0 aromatic carbocycles. The van der Waals surface area contributed by atoms with Gasteiger partial charge in [-0.25, -0.2) is 4.98 Å². The van der Waals surface area contributed by atoms with Gasteiger partial charge in [-0.05, 0) is 15.9 Å². The summed E-state index contributed by atoms with van der Waals surface area (Å²) in [5.74, 6) is -0.128. The molecule has 0 radical (unpaired) electrons. The van der Waals surface area contributed by atoms with Crippen molar-refractivity contribution < 1.29 is 20.1 Å². The van der Waals surface area contributed by atoms with Gasteiger partial charge in [0.2, 0.25) is 10.6 Å². The van der Waals surface area contributed by atoms with Gasteiger partial charge >= 0.3 is 0 Å². The van der Waals surface area contributed by atoms with Crippen molar-refractivity contribution in [2.75, 3.05) is 12.3 Å². The van der Waals surface area contributed by atoms with E-state index < -0.39 is 35.1 Å². The molecule has 1 aliphatic rings. The number of aliphatic hydroxyl groups is 3. The van der Waals surface area contributed by atoms with Crippen molar-refractivity contribution in [2.24, 2.45) is 0 Å². The minimum atomic E-state index is -1.62. The standard InChI is InChI=1S/C10H12BrN5O5/c11-10(6(19)5(18)3(1-17)21-10)16-2-13-4-7(16)14-9(12)15-8(4)20/h2-3,5-6,17-19H,1H2,(H3,12,14,15,20)/t3-,5-,6-,10+/m1/s1. The van der Waals surface area contributed by atoms with E-state index in [2.05, 4.69) is 30.9 Å². The lowest BCUT2D eigenvalue weighted by atomic mass is 10.1. The first kappa shape index (κ1) is 14.4. The number of aromatic amines is 1. The zero-order valence-electron chi connectivity index (χ0n) is 10.5. The first-order chi connectivity index (χ1) is 9.88. The molecule has 1 saturated heterocycles. The van der Waals surface area contributed by atoms with Crippen molar-refractivity contribution in [2.45, 2.75) is 22.9 Å². The van der Waals surface area contributed by atoms with Crippen LogP contribution in [0.15, 0.2) is 11.1 Å².